The molecular formula is C27H26FN3O6S. The lowest BCUT2D eigenvalue weighted by Gasteiger charge is -2.16. The highest BCUT2D eigenvalue weighted by Crippen LogP contribution is 2.33. The van der Waals surface area contributed by atoms with Gasteiger partial charge in [0.2, 0.25) is 0 Å². The van der Waals surface area contributed by atoms with Crippen LogP contribution in [0.5, 0.6) is 17.4 Å². The van der Waals surface area contributed by atoms with Gasteiger partial charge in [0.05, 0.1) is 29.9 Å². The van der Waals surface area contributed by atoms with Gasteiger partial charge in [0.1, 0.15) is 35.5 Å². The Morgan fingerprint density at radius 3 is 2.42 bits per heavy atom. The van der Waals surface area contributed by atoms with Gasteiger partial charge in [0.25, 0.3) is 0 Å². The number of aromatic amines is 1. The Balaban J connectivity index is 1.17. The molecule has 0 aliphatic carbocycles. The predicted molar refractivity (Wildman–Crippen MR) is 140 cm³/mol. The number of aromatic nitrogens is 2. The van der Waals surface area contributed by atoms with Crippen molar-refractivity contribution < 1.29 is 32.7 Å². The van der Waals surface area contributed by atoms with Crippen LogP contribution < -0.4 is 9.47 Å². The summed E-state index contributed by atoms with van der Waals surface area (Å²) in [6.45, 7) is 0.508. The number of aliphatic hydroxyl groups excluding tert-OH is 1. The molecule has 4 aromatic rings. The number of pyridine rings is 1. The second kappa shape index (κ2) is 9.66. The van der Waals surface area contributed by atoms with Crippen molar-refractivity contribution in [2.75, 3.05) is 25.7 Å². The number of aliphatic hydroxyl groups is 1. The number of benzene rings is 2. The molecule has 2 N–H and O–H groups in total. The van der Waals surface area contributed by atoms with Gasteiger partial charge in [0.15, 0.2) is 17.8 Å². The van der Waals surface area contributed by atoms with Crippen LogP contribution in [0.15, 0.2) is 65.0 Å². The number of H-pyrrole nitrogens is 1. The zero-order valence-corrected chi connectivity index (χ0v) is 21.5. The largest absolute Gasteiger partial charge is 0.470 e. The fourth-order valence-electron chi connectivity index (χ4n) is 4.63. The summed E-state index contributed by atoms with van der Waals surface area (Å²) in [7, 11) is -2.24. The molecule has 0 bridgehead atoms. The van der Waals surface area contributed by atoms with Crippen molar-refractivity contribution in [2.24, 2.45) is 4.36 Å². The Morgan fingerprint density at radius 2 is 1.71 bits per heavy atom. The average molecular weight is 540 g/mol. The third-order valence-electron chi connectivity index (χ3n) is 6.32. The van der Waals surface area contributed by atoms with E-state index in [9.17, 15) is 13.7 Å². The van der Waals surface area contributed by atoms with E-state index in [0.29, 0.717) is 46.3 Å². The topological polar surface area (TPSA) is 115 Å². The molecule has 198 valence electrons. The monoisotopic (exact) mass is 539 g/mol. The third kappa shape index (κ3) is 5.10. The van der Waals surface area contributed by atoms with Crippen LogP contribution >= 0.6 is 0 Å². The number of nitrogens with one attached hydrogen (secondary N) is 1. The van der Waals surface area contributed by atoms with Gasteiger partial charge in [-0.2, -0.15) is 4.36 Å². The zero-order chi connectivity index (χ0) is 26.4. The molecule has 2 aliphatic heterocycles. The van der Waals surface area contributed by atoms with Gasteiger partial charge in [0, 0.05) is 39.9 Å². The van der Waals surface area contributed by atoms with Gasteiger partial charge in [-0.1, -0.05) is 0 Å². The molecule has 0 radical (unpaired) electrons. The van der Waals surface area contributed by atoms with E-state index >= 15 is 0 Å². The van der Waals surface area contributed by atoms with Gasteiger partial charge >= 0.3 is 0 Å². The summed E-state index contributed by atoms with van der Waals surface area (Å²) >= 11 is 0. The molecule has 1 unspecified atom stereocenters. The van der Waals surface area contributed by atoms with Gasteiger partial charge < -0.3 is 29.0 Å². The lowest BCUT2D eigenvalue weighted by molar-refractivity contribution is 0.00794. The minimum atomic E-state index is -2.24. The summed E-state index contributed by atoms with van der Waals surface area (Å²) in [5, 5.41) is 9.92. The summed E-state index contributed by atoms with van der Waals surface area (Å²) in [5.41, 5.74) is 2.46. The zero-order valence-electron chi connectivity index (χ0n) is 20.7. The molecule has 2 saturated heterocycles. The molecule has 6 rings (SSSR count). The number of hydrogen-bond donors (Lipinski definition) is 2. The Hall–Kier alpha value is -3.51. The maximum absolute atomic E-state index is 15.0. The third-order valence-corrected chi connectivity index (χ3v) is 6.97. The molecule has 11 heteroatoms. The normalized spacial score (nSPS) is 22.9. The van der Waals surface area contributed by atoms with Crippen LogP contribution in [-0.4, -0.2) is 69.4 Å². The summed E-state index contributed by atoms with van der Waals surface area (Å²) in [5.74, 6) is 1.11. The summed E-state index contributed by atoms with van der Waals surface area (Å²) in [6, 6.07) is 17.0. The molecule has 4 heterocycles. The van der Waals surface area contributed by atoms with Crippen LogP contribution in [0.2, 0.25) is 0 Å². The molecule has 4 atom stereocenters. The second-order valence-corrected chi connectivity index (χ2v) is 12.1. The van der Waals surface area contributed by atoms with Crippen molar-refractivity contribution in [1.82, 2.24) is 9.97 Å². The Labute approximate surface area is 218 Å². The fourth-order valence-corrected chi connectivity index (χ4v) is 5.26. The van der Waals surface area contributed by atoms with Crippen LogP contribution in [0.1, 0.15) is 0 Å². The lowest BCUT2D eigenvalue weighted by Crippen LogP contribution is -2.34. The average Bonchev–Trinajstić information content (AvgIpc) is 3.56. The molecule has 0 saturated carbocycles. The molecule has 9 nitrogen and oxygen atoms in total. The van der Waals surface area contributed by atoms with Gasteiger partial charge in [-0.25, -0.2) is 13.6 Å². The molecule has 0 amide bonds. The second-order valence-electron chi connectivity index (χ2n) is 9.60. The Kier molecular flexibility index (Phi) is 6.31. The highest BCUT2D eigenvalue weighted by molar-refractivity contribution is 7.92. The quantitative estimate of drug-likeness (QED) is 0.373. The van der Waals surface area contributed by atoms with Crippen molar-refractivity contribution in [2.45, 2.75) is 24.4 Å². The van der Waals surface area contributed by atoms with Gasteiger partial charge in [-0.05, 0) is 48.5 Å². The molecule has 2 aliphatic rings. The summed E-state index contributed by atoms with van der Waals surface area (Å²) in [4.78, 5) is 7.55. The Morgan fingerprint density at radius 1 is 1.03 bits per heavy atom. The first kappa shape index (κ1) is 24.8. The van der Waals surface area contributed by atoms with Crippen molar-refractivity contribution in [3.63, 3.8) is 0 Å². The smallest absolute Gasteiger partial charge is 0.193 e. The number of ether oxygens (including phenoxy) is 4. The van der Waals surface area contributed by atoms with E-state index in [2.05, 4.69) is 14.3 Å². The number of nitrogens with zero attached hydrogens (tertiary/aromatic N) is 2. The standard InChI is InChI=1S/C27H26FN3O6S/c1-38(2,33)31-16-5-9-18(10-6-16)36-17-7-3-15(4-8-17)25-19(28)11-20-21(30-25)12-24(29-20)37-23-14-35-26-22(32)13-34-27(23)26/h3-12,22-23,26-27,29,32H,13-14H2,1-2H3/t22-,23?,26-,27-/m1/s1. The van der Waals surface area contributed by atoms with Crippen LogP contribution in [-0.2, 0) is 19.2 Å². The molecule has 2 aromatic heterocycles. The van der Waals surface area contributed by atoms with Crippen LogP contribution in [0.3, 0.4) is 0 Å². The van der Waals surface area contributed by atoms with Crippen LogP contribution in [0.4, 0.5) is 10.1 Å². The first-order valence-corrected chi connectivity index (χ1v) is 14.4. The number of fused-ring (bicyclic) bond motifs is 2. The summed E-state index contributed by atoms with van der Waals surface area (Å²) in [6.07, 6.45) is 1.37. The molecule has 0 spiro atoms. The maximum Gasteiger partial charge on any atom is 0.193 e. The highest BCUT2D eigenvalue weighted by atomic mass is 32.2. The highest BCUT2D eigenvalue weighted by Gasteiger charge is 2.48. The van der Waals surface area contributed by atoms with E-state index in [1.165, 1.54) is 6.07 Å². The lowest BCUT2D eigenvalue weighted by atomic mass is 10.1. The van der Waals surface area contributed by atoms with E-state index in [0.717, 1.165) is 0 Å². The maximum atomic E-state index is 15.0. The van der Waals surface area contributed by atoms with Gasteiger partial charge in [-0.3, -0.25) is 0 Å². The number of halogens is 1. The van der Waals surface area contributed by atoms with Gasteiger partial charge in [-0.15, -0.1) is 0 Å². The van der Waals surface area contributed by atoms with Crippen molar-refractivity contribution in [3.8, 4) is 28.6 Å². The van der Waals surface area contributed by atoms with E-state index in [1.54, 1.807) is 67.1 Å². The first-order valence-electron chi connectivity index (χ1n) is 12.0. The van der Waals surface area contributed by atoms with E-state index in [4.69, 9.17) is 18.9 Å². The SMILES string of the molecule is CS(C)(=O)=Nc1ccc(Oc2ccc(-c3nc4cc(OC5CO[C@@H]6[C@H](O)CO[C@H]56)[nH]c4cc3F)cc2)cc1. The van der Waals surface area contributed by atoms with E-state index in [1.807, 2.05) is 0 Å². The first-order chi connectivity index (χ1) is 18.2. The van der Waals surface area contributed by atoms with Crippen molar-refractivity contribution in [1.29, 1.82) is 0 Å². The van der Waals surface area contributed by atoms with E-state index in [-0.39, 0.29) is 24.5 Å². The minimum Gasteiger partial charge on any atom is -0.470 e. The summed E-state index contributed by atoms with van der Waals surface area (Å²) < 4.78 is 54.1. The fraction of sp³-hybridized carbons (Fsp3) is 0.296. The van der Waals surface area contributed by atoms with Crippen LogP contribution in [0.25, 0.3) is 22.3 Å². The minimum absolute atomic E-state index is 0.204. The molecule has 38 heavy (non-hydrogen) atoms. The number of hydrogen-bond acceptors (Lipinski definition) is 8. The predicted octanol–water partition coefficient (Wildman–Crippen LogP) is 4.43. The van der Waals surface area contributed by atoms with Crippen molar-refractivity contribution in [3.05, 3.63) is 66.5 Å². The Bertz CT molecular complexity index is 1590. The van der Waals surface area contributed by atoms with Crippen molar-refractivity contribution >= 4 is 26.4 Å². The molecule has 2 aromatic carbocycles. The molecular weight excluding hydrogens is 513 g/mol. The molecule has 2 fully saturated rings. The van der Waals surface area contributed by atoms with E-state index < -0.39 is 27.8 Å². The number of rotatable bonds is 6. The van der Waals surface area contributed by atoms with Crippen LogP contribution in [0, 0.1) is 5.82 Å².